The third-order valence-electron chi connectivity index (χ3n) is 2.44. The van der Waals surface area contributed by atoms with Gasteiger partial charge in [0.2, 0.25) is 0 Å². The van der Waals surface area contributed by atoms with Gasteiger partial charge in [0, 0.05) is 11.3 Å². The highest BCUT2D eigenvalue weighted by Gasteiger charge is 2.03. The first-order valence-corrected chi connectivity index (χ1v) is 5.81. The summed E-state index contributed by atoms with van der Waals surface area (Å²) < 4.78 is 5.32. The smallest absolute Gasteiger partial charge is 0.262 e. The van der Waals surface area contributed by atoms with Gasteiger partial charge >= 0.3 is 0 Å². The van der Waals surface area contributed by atoms with Crippen LogP contribution in [0.5, 0.6) is 5.75 Å². The van der Waals surface area contributed by atoms with Crippen LogP contribution in [0.15, 0.2) is 54.6 Å². The lowest BCUT2D eigenvalue weighted by atomic mass is 10.2. The van der Waals surface area contributed by atoms with E-state index in [1.807, 2.05) is 18.2 Å². The number of hydrogen-bond acceptors (Lipinski definition) is 3. The number of carbonyl (C=O) groups excluding carboxylic acids is 2. The van der Waals surface area contributed by atoms with Crippen molar-refractivity contribution in [3.05, 3.63) is 60.2 Å². The first kappa shape index (κ1) is 12.8. The van der Waals surface area contributed by atoms with Gasteiger partial charge in [0.05, 0.1) is 0 Å². The Bertz CT molecular complexity index is 549. The zero-order valence-corrected chi connectivity index (χ0v) is 10.2. The van der Waals surface area contributed by atoms with E-state index in [1.165, 1.54) is 0 Å². The molecule has 2 rings (SSSR count). The molecule has 1 amide bonds. The molecule has 1 N–H and O–H groups in total. The number of ether oxygens (including phenoxy) is 1. The Morgan fingerprint density at radius 3 is 2.37 bits per heavy atom. The molecular formula is C15H13NO3. The van der Waals surface area contributed by atoms with Crippen LogP contribution >= 0.6 is 0 Å². The normalized spacial score (nSPS) is 9.68. The second kappa shape index (κ2) is 6.35. The molecule has 0 fully saturated rings. The lowest BCUT2D eigenvalue weighted by Crippen LogP contribution is -2.20. The summed E-state index contributed by atoms with van der Waals surface area (Å²) in [5, 5.41) is 2.68. The molecule has 0 saturated carbocycles. The van der Waals surface area contributed by atoms with Crippen LogP contribution in [0, 0.1) is 0 Å². The predicted octanol–water partition coefficient (Wildman–Crippen LogP) is 2.52. The van der Waals surface area contributed by atoms with Crippen molar-refractivity contribution in [1.29, 1.82) is 0 Å². The first-order valence-electron chi connectivity index (χ1n) is 5.81. The highest BCUT2D eigenvalue weighted by molar-refractivity contribution is 5.92. The van der Waals surface area contributed by atoms with Crippen LogP contribution in [0.1, 0.15) is 10.4 Å². The van der Waals surface area contributed by atoms with Crippen LogP contribution in [-0.4, -0.2) is 18.8 Å². The minimum atomic E-state index is -0.247. The van der Waals surface area contributed by atoms with Gasteiger partial charge in [-0.3, -0.25) is 9.59 Å². The van der Waals surface area contributed by atoms with E-state index in [2.05, 4.69) is 5.32 Å². The maximum atomic E-state index is 11.6. The molecule has 0 radical (unpaired) electrons. The van der Waals surface area contributed by atoms with Gasteiger partial charge in [-0.15, -0.1) is 0 Å². The van der Waals surface area contributed by atoms with Crippen molar-refractivity contribution in [1.82, 2.24) is 0 Å². The van der Waals surface area contributed by atoms with Crippen molar-refractivity contribution in [3.63, 3.8) is 0 Å². The van der Waals surface area contributed by atoms with Crippen molar-refractivity contribution in [2.24, 2.45) is 0 Å². The quantitative estimate of drug-likeness (QED) is 0.835. The predicted molar refractivity (Wildman–Crippen MR) is 72.4 cm³/mol. The van der Waals surface area contributed by atoms with Gasteiger partial charge < -0.3 is 10.1 Å². The number of amides is 1. The Morgan fingerprint density at radius 2 is 1.74 bits per heavy atom. The molecule has 4 heteroatoms. The molecule has 0 aliphatic heterocycles. The third-order valence-corrected chi connectivity index (χ3v) is 2.44. The highest BCUT2D eigenvalue weighted by atomic mass is 16.5. The van der Waals surface area contributed by atoms with Gasteiger partial charge in [0.1, 0.15) is 12.0 Å². The number of nitrogens with one attached hydrogen (secondary N) is 1. The number of rotatable bonds is 5. The third kappa shape index (κ3) is 3.96. The fraction of sp³-hybridized carbons (Fsp3) is 0.0667. The molecule has 96 valence electrons. The molecule has 2 aromatic rings. The zero-order chi connectivity index (χ0) is 13.5. The molecule has 0 saturated heterocycles. The Kier molecular flexibility index (Phi) is 4.29. The average molecular weight is 255 g/mol. The summed E-state index contributed by atoms with van der Waals surface area (Å²) in [5.41, 5.74) is 1.20. The minimum absolute atomic E-state index is 0.0561. The van der Waals surface area contributed by atoms with Crippen LogP contribution in [-0.2, 0) is 4.79 Å². The minimum Gasteiger partial charge on any atom is -0.484 e. The summed E-state index contributed by atoms with van der Waals surface area (Å²) in [6, 6.07) is 15.7. The standard InChI is InChI=1S/C15H13NO3/c17-10-12-6-8-13(9-7-12)16-15(18)11-19-14-4-2-1-3-5-14/h1-10H,11H2,(H,16,18). The van der Waals surface area contributed by atoms with E-state index in [0.717, 1.165) is 6.29 Å². The van der Waals surface area contributed by atoms with Gasteiger partial charge in [0.15, 0.2) is 6.61 Å². The summed E-state index contributed by atoms with van der Waals surface area (Å²) in [6.45, 7) is -0.0561. The molecule has 0 atom stereocenters. The van der Waals surface area contributed by atoms with Gasteiger partial charge in [-0.25, -0.2) is 0 Å². The zero-order valence-electron chi connectivity index (χ0n) is 10.2. The lowest BCUT2D eigenvalue weighted by Gasteiger charge is -2.07. The summed E-state index contributed by atoms with van der Waals surface area (Å²) in [7, 11) is 0. The number of anilines is 1. The molecule has 2 aromatic carbocycles. The molecule has 0 bridgehead atoms. The molecule has 19 heavy (non-hydrogen) atoms. The van der Waals surface area contributed by atoms with Gasteiger partial charge in [0.25, 0.3) is 5.91 Å². The largest absolute Gasteiger partial charge is 0.484 e. The fourth-order valence-electron chi connectivity index (χ4n) is 1.51. The fourth-order valence-corrected chi connectivity index (χ4v) is 1.51. The van der Waals surface area contributed by atoms with Crippen LogP contribution < -0.4 is 10.1 Å². The Hall–Kier alpha value is -2.62. The van der Waals surface area contributed by atoms with Gasteiger partial charge in [-0.1, -0.05) is 18.2 Å². The molecule has 0 aliphatic rings. The van der Waals surface area contributed by atoms with Crippen molar-refractivity contribution >= 4 is 17.9 Å². The Morgan fingerprint density at radius 1 is 1.05 bits per heavy atom. The van der Waals surface area contributed by atoms with Crippen LogP contribution in [0.4, 0.5) is 5.69 Å². The molecular weight excluding hydrogens is 242 g/mol. The topological polar surface area (TPSA) is 55.4 Å². The van der Waals surface area contributed by atoms with Crippen molar-refractivity contribution in [3.8, 4) is 5.75 Å². The van der Waals surface area contributed by atoms with Gasteiger partial charge in [-0.2, -0.15) is 0 Å². The summed E-state index contributed by atoms with van der Waals surface area (Å²) in [6.07, 6.45) is 0.754. The number of aldehydes is 1. The molecule has 4 nitrogen and oxygen atoms in total. The van der Waals surface area contributed by atoms with Crippen LogP contribution in [0.2, 0.25) is 0 Å². The second-order valence-electron chi connectivity index (χ2n) is 3.89. The van der Waals surface area contributed by atoms with Crippen molar-refractivity contribution in [2.45, 2.75) is 0 Å². The summed E-state index contributed by atoms with van der Waals surface area (Å²) in [5.74, 6) is 0.400. The molecule has 0 spiro atoms. The summed E-state index contributed by atoms with van der Waals surface area (Å²) in [4.78, 5) is 22.1. The molecule has 0 aromatic heterocycles. The number of para-hydroxylation sites is 1. The van der Waals surface area contributed by atoms with E-state index < -0.39 is 0 Å². The average Bonchev–Trinajstić information content (AvgIpc) is 2.47. The molecule has 0 unspecified atom stereocenters. The number of benzene rings is 2. The second-order valence-corrected chi connectivity index (χ2v) is 3.89. The lowest BCUT2D eigenvalue weighted by molar-refractivity contribution is -0.118. The van der Waals surface area contributed by atoms with E-state index in [4.69, 9.17) is 4.74 Å². The van der Waals surface area contributed by atoms with Crippen LogP contribution in [0.3, 0.4) is 0 Å². The highest BCUT2D eigenvalue weighted by Crippen LogP contribution is 2.10. The monoisotopic (exact) mass is 255 g/mol. The van der Waals surface area contributed by atoms with E-state index >= 15 is 0 Å². The van der Waals surface area contributed by atoms with Crippen molar-refractivity contribution < 1.29 is 14.3 Å². The Labute approximate surface area is 111 Å². The molecule has 0 heterocycles. The van der Waals surface area contributed by atoms with E-state index in [9.17, 15) is 9.59 Å². The van der Waals surface area contributed by atoms with E-state index in [1.54, 1.807) is 36.4 Å². The van der Waals surface area contributed by atoms with Gasteiger partial charge in [-0.05, 0) is 36.4 Å². The number of hydrogen-bond donors (Lipinski definition) is 1. The Balaban J connectivity index is 1.85. The maximum absolute atomic E-state index is 11.6. The maximum Gasteiger partial charge on any atom is 0.262 e. The van der Waals surface area contributed by atoms with Crippen molar-refractivity contribution in [2.75, 3.05) is 11.9 Å². The number of carbonyl (C=O) groups is 2. The summed E-state index contributed by atoms with van der Waals surface area (Å²) >= 11 is 0. The van der Waals surface area contributed by atoms with Crippen LogP contribution in [0.25, 0.3) is 0 Å². The van der Waals surface area contributed by atoms with E-state index in [-0.39, 0.29) is 12.5 Å². The SMILES string of the molecule is O=Cc1ccc(NC(=O)COc2ccccc2)cc1. The van der Waals surface area contributed by atoms with E-state index in [0.29, 0.717) is 17.0 Å². The molecule has 0 aliphatic carbocycles. The first-order chi connectivity index (χ1) is 9.28.